The highest BCUT2D eigenvalue weighted by Gasteiger charge is 2.57. The molecule has 2 aliphatic heterocycles. The van der Waals surface area contributed by atoms with Gasteiger partial charge in [-0.2, -0.15) is 0 Å². The Hall–Kier alpha value is -4.09. The molecule has 5 atom stereocenters. The summed E-state index contributed by atoms with van der Waals surface area (Å²) in [6.07, 6.45) is 5.72. The third-order valence-corrected chi connectivity index (χ3v) is 7.54. The zero-order valence-corrected chi connectivity index (χ0v) is 19.9. The lowest BCUT2D eigenvalue weighted by atomic mass is 9.85. The van der Waals surface area contributed by atoms with E-state index in [2.05, 4.69) is 30.7 Å². The number of ether oxygens (including phenoxy) is 1. The van der Waals surface area contributed by atoms with Crippen molar-refractivity contribution >= 4 is 35.1 Å². The van der Waals surface area contributed by atoms with Gasteiger partial charge in [-0.05, 0) is 61.8 Å². The van der Waals surface area contributed by atoms with E-state index in [1.54, 1.807) is 12.3 Å². The second-order valence-electron chi connectivity index (χ2n) is 9.66. The van der Waals surface area contributed by atoms with Crippen LogP contribution in [-0.2, 0) is 9.53 Å². The molecule has 2 aromatic heterocycles. The predicted octanol–water partition coefficient (Wildman–Crippen LogP) is 3.91. The third-order valence-electron chi connectivity index (χ3n) is 7.54. The van der Waals surface area contributed by atoms with Gasteiger partial charge in [-0.3, -0.25) is 9.59 Å². The maximum absolute atomic E-state index is 13.4. The molecule has 3 aliphatic rings. The Labute approximate surface area is 210 Å². The van der Waals surface area contributed by atoms with Crippen LogP contribution in [0.15, 0.2) is 40.9 Å². The Morgan fingerprint density at radius 3 is 2.65 bits per heavy atom. The van der Waals surface area contributed by atoms with Crippen LogP contribution in [0.5, 0.6) is 0 Å². The number of benzene rings is 1. The number of amides is 1. The Kier molecular flexibility index (Phi) is 5.73. The molecular formula is C25H24F2N6O4. The van der Waals surface area contributed by atoms with Gasteiger partial charge in [0.2, 0.25) is 0 Å². The quantitative estimate of drug-likeness (QED) is 0.456. The van der Waals surface area contributed by atoms with Gasteiger partial charge in [-0.15, -0.1) is 5.10 Å². The minimum Gasteiger partial charge on any atom is -0.469 e. The van der Waals surface area contributed by atoms with E-state index in [4.69, 9.17) is 9.15 Å². The molecule has 10 nitrogen and oxygen atoms in total. The Bertz CT molecular complexity index is 1350. The molecule has 3 fully saturated rings. The number of methoxy groups -OCH3 is 1. The number of carbonyl (C=O) groups is 2. The van der Waals surface area contributed by atoms with E-state index < -0.39 is 17.5 Å². The average Bonchev–Trinajstić information content (AvgIpc) is 3.20. The SMILES string of the molecule is COC(=O)C1CC1C1CC2CCC1N2c1ccc(NC(=O)c2nnc(Nc3ccc(F)c(F)c3)o2)cn1. The van der Waals surface area contributed by atoms with Crippen molar-refractivity contribution in [2.24, 2.45) is 17.8 Å². The zero-order valence-electron chi connectivity index (χ0n) is 19.9. The summed E-state index contributed by atoms with van der Waals surface area (Å²) in [6, 6.07) is 7.44. The van der Waals surface area contributed by atoms with Gasteiger partial charge in [-0.1, -0.05) is 5.10 Å². The number of rotatable bonds is 7. The number of nitrogens with one attached hydrogen (secondary N) is 2. The largest absolute Gasteiger partial charge is 0.469 e. The van der Waals surface area contributed by atoms with Gasteiger partial charge < -0.3 is 24.7 Å². The molecular weight excluding hydrogens is 486 g/mol. The first-order valence-corrected chi connectivity index (χ1v) is 12.1. The molecule has 37 heavy (non-hydrogen) atoms. The summed E-state index contributed by atoms with van der Waals surface area (Å²) >= 11 is 0. The molecule has 1 saturated carbocycles. The Balaban J connectivity index is 1.08. The zero-order chi connectivity index (χ0) is 25.7. The number of esters is 1. The molecule has 6 rings (SSSR count). The van der Waals surface area contributed by atoms with E-state index in [0.29, 0.717) is 29.6 Å². The maximum atomic E-state index is 13.4. The first-order valence-electron chi connectivity index (χ1n) is 12.1. The fourth-order valence-electron chi connectivity index (χ4n) is 5.82. The molecule has 1 aromatic carbocycles. The smallest absolute Gasteiger partial charge is 0.320 e. The molecule has 2 N–H and O–H groups in total. The molecule has 0 spiro atoms. The van der Waals surface area contributed by atoms with Crippen molar-refractivity contribution < 1.29 is 27.5 Å². The summed E-state index contributed by atoms with van der Waals surface area (Å²) in [4.78, 5) is 31.4. The first-order chi connectivity index (χ1) is 17.9. The van der Waals surface area contributed by atoms with Crippen LogP contribution in [0.25, 0.3) is 0 Å². The Morgan fingerprint density at radius 1 is 1.05 bits per heavy atom. The summed E-state index contributed by atoms with van der Waals surface area (Å²) in [5.74, 6) is -1.33. The second kappa shape index (κ2) is 9.09. The molecule has 1 amide bonds. The number of carbonyl (C=O) groups excluding carboxylic acids is 2. The molecule has 1 aliphatic carbocycles. The number of fused-ring (bicyclic) bond motifs is 2. The van der Waals surface area contributed by atoms with Gasteiger partial charge in [0.1, 0.15) is 5.82 Å². The summed E-state index contributed by atoms with van der Waals surface area (Å²) < 4.78 is 36.7. The van der Waals surface area contributed by atoms with Gasteiger partial charge in [0, 0.05) is 23.8 Å². The van der Waals surface area contributed by atoms with Gasteiger partial charge in [0.25, 0.3) is 0 Å². The highest BCUT2D eigenvalue weighted by molar-refractivity contribution is 6.00. The number of aromatic nitrogens is 3. The molecule has 3 aromatic rings. The van der Waals surface area contributed by atoms with E-state index in [9.17, 15) is 18.4 Å². The van der Waals surface area contributed by atoms with Crippen LogP contribution in [0.1, 0.15) is 36.4 Å². The highest BCUT2D eigenvalue weighted by atomic mass is 19.2. The summed E-state index contributed by atoms with van der Waals surface area (Å²) in [7, 11) is 1.44. The molecule has 0 radical (unpaired) electrons. The number of anilines is 4. The van der Waals surface area contributed by atoms with Crippen LogP contribution in [0, 0.1) is 29.4 Å². The van der Waals surface area contributed by atoms with Crippen LogP contribution in [-0.4, -0.2) is 46.3 Å². The summed E-state index contributed by atoms with van der Waals surface area (Å²) in [5.41, 5.74) is 0.646. The van der Waals surface area contributed by atoms with Gasteiger partial charge in [0.05, 0.1) is 24.9 Å². The second-order valence-corrected chi connectivity index (χ2v) is 9.66. The lowest BCUT2D eigenvalue weighted by molar-refractivity contribution is -0.142. The Morgan fingerprint density at radius 2 is 1.89 bits per heavy atom. The van der Waals surface area contributed by atoms with Crippen LogP contribution >= 0.6 is 0 Å². The standard InChI is InChI=1S/C25H24F2N6O4/c1-36-24(35)17-10-15(17)16-9-14-4-6-20(16)33(14)21-7-3-13(11-28-21)29-22(34)23-31-32-25(37-23)30-12-2-5-18(26)19(27)8-12/h2-3,5,7-8,11,14-17,20H,4,6,9-10H2,1H3,(H,29,34)(H,30,32). The van der Waals surface area contributed by atoms with Crippen LogP contribution in [0.3, 0.4) is 0 Å². The summed E-state index contributed by atoms with van der Waals surface area (Å²) in [6.45, 7) is 0. The minimum atomic E-state index is -1.03. The average molecular weight is 511 g/mol. The third kappa shape index (κ3) is 4.36. The molecule has 4 heterocycles. The van der Waals surface area contributed by atoms with Crippen molar-refractivity contribution in [3.05, 3.63) is 54.1 Å². The normalized spacial score (nSPS) is 25.7. The van der Waals surface area contributed by atoms with Crippen LogP contribution in [0.4, 0.5) is 32.0 Å². The van der Waals surface area contributed by atoms with Crippen LogP contribution in [0.2, 0.25) is 0 Å². The number of hydrogen-bond acceptors (Lipinski definition) is 9. The number of nitrogens with zero attached hydrogens (tertiary/aromatic N) is 4. The molecule has 5 unspecified atom stereocenters. The van der Waals surface area contributed by atoms with Gasteiger partial charge >= 0.3 is 23.8 Å². The number of hydrogen-bond donors (Lipinski definition) is 2. The van der Waals surface area contributed by atoms with Crippen molar-refractivity contribution in [1.82, 2.24) is 15.2 Å². The van der Waals surface area contributed by atoms with Crippen molar-refractivity contribution in [2.45, 2.75) is 37.8 Å². The van der Waals surface area contributed by atoms with Gasteiger partial charge in [0.15, 0.2) is 11.6 Å². The lowest BCUT2D eigenvalue weighted by Gasteiger charge is -2.25. The monoisotopic (exact) mass is 510 g/mol. The molecule has 2 saturated heterocycles. The number of halogens is 2. The van der Waals surface area contributed by atoms with E-state index in [0.717, 1.165) is 43.6 Å². The minimum absolute atomic E-state index is 0.0269. The van der Waals surface area contributed by atoms with Crippen molar-refractivity contribution in [2.75, 3.05) is 22.6 Å². The van der Waals surface area contributed by atoms with Gasteiger partial charge in [-0.25, -0.2) is 13.8 Å². The predicted molar refractivity (Wildman–Crippen MR) is 127 cm³/mol. The first kappa shape index (κ1) is 23.3. The summed E-state index contributed by atoms with van der Waals surface area (Å²) in [5, 5.41) is 12.7. The van der Waals surface area contributed by atoms with E-state index in [1.807, 2.05) is 6.07 Å². The molecule has 192 valence electrons. The van der Waals surface area contributed by atoms with Crippen molar-refractivity contribution in [3.63, 3.8) is 0 Å². The maximum Gasteiger partial charge on any atom is 0.320 e. The van der Waals surface area contributed by atoms with E-state index in [-0.39, 0.29) is 29.5 Å². The fraction of sp³-hybridized carbons (Fsp3) is 0.400. The highest BCUT2D eigenvalue weighted by Crippen LogP contribution is 2.56. The van der Waals surface area contributed by atoms with E-state index >= 15 is 0 Å². The topological polar surface area (TPSA) is 122 Å². The molecule has 2 bridgehead atoms. The van der Waals surface area contributed by atoms with E-state index in [1.165, 1.54) is 13.2 Å². The number of pyridine rings is 1. The van der Waals surface area contributed by atoms with Crippen molar-refractivity contribution in [1.29, 1.82) is 0 Å². The van der Waals surface area contributed by atoms with Crippen LogP contribution < -0.4 is 15.5 Å². The fourth-order valence-corrected chi connectivity index (χ4v) is 5.82. The lowest BCUT2D eigenvalue weighted by Crippen LogP contribution is -2.31. The van der Waals surface area contributed by atoms with Crippen molar-refractivity contribution in [3.8, 4) is 0 Å². The molecule has 12 heteroatoms.